The number of thiazole rings is 1. The van der Waals surface area contributed by atoms with Gasteiger partial charge in [0.05, 0.1) is 24.0 Å². The van der Waals surface area contributed by atoms with E-state index in [1.54, 1.807) is 6.20 Å². The van der Waals surface area contributed by atoms with Crippen molar-refractivity contribution in [2.45, 2.75) is 58.5 Å². The molecule has 3 heterocycles. The minimum Gasteiger partial charge on any atom is -0.393 e. The number of pyridine rings is 1. The van der Waals surface area contributed by atoms with E-state index in [2.05, 4.69) is 38.4 Å². The molecule has 190 valence electrons. The van der Waals surface area contributed by atoms with Gasteiger partial charge in [0.15, 0.2) is 10.8 Å². The molecule has 0 bridgehead atoms. The first-order chi connectivity index (χ1) is 16.6. The normalized spacial score (nSPS) is 14.2. The molecule has 6 N–H and O–H groups in total. The summed E-state index contributed by atoms with van der Waals surface area (Å²) in [5.74, 6) is 1.29. The summed E-state index contributed by atoms with van der Waals surface area (Å²) in [5.41, 5.74) is 13.0. The van der Waals surface area contributed by atoms with Crippen LogP contribution in [0.1, 0.15) is 67.3 Å². The lowest BCUT2D eigenvalue weighted by Gasteiger charge is -2.14. The number of imidazole rings is 1. The average Bonchev–Trinajstić information content (AvgIpc) is 3.38. The van der Waals surface area contributed by atoms with Crippen molar-refractivity contribution < 1.29 is 9.90 Å². The van der Waals surface area contributed by atoms with Crippen LogP contribution in [0.5, 0.6) is 0 Å². The van der Waals surface area contributed by atoms with E-state index in [4.69, 9.17) is 33.6 Å². The molecule has 1 fully saturated rings. The predicted octanol–water partition coefficient (Wildman–Crippen LogP) is 3.69. The molecule has 3 aromatic heterocycles. The number of nitrogens with zero attached hydrogens (tertiary/aromatic N) is 5. The first kappa shape index (κ1) is 28.3. The second-order valence-corrected chi connectivity index (χ2v) is 10.2. The number of halogens is 1. The Morgan fingerprint density at radius 2 is 2.00 bits per heavy atom. The molecule has 1 saturated carbocycles. The molecular formula is C23H33ClN8O2S. The quantitative estimate of drug-likeness (QED) is 0.295. The van der Waals surface area contributed by atoms with Gasteiger partial charge in [0.1, 0.15) is 27.7 Å². The van der Waals surface area contributed by atoms with Crippen molar-refractivity contribution in [1.82, 2.24) is 19.5 Å². The maximum atomic E-state index is 10.3. The van der Waals surface area contributed by atoms with E-state index in [0.717, 1.165) is 53.8 Å². The molecular weight excluding hydrogens is 488 g/mol. The highest BCUT2D eigenvalue weighted by atomic mass is 35.5. The number of carbonyl (C=O) groups excluding carboxylic acids is 1. The van der Waals surface area contributed by atoms with Gasteiger partial charge in [0.2, 0.25) is 0 Å². The second-order valence-electron chi connectivity index (χ2n) is 8.51. The number of carbonyl (C=O) groups is 1. The average molecular weight is 521 g/mol. The van der Waals surface area contributed by atoms with E-state index in [-0.39, 0.29) is 16.9 Å². The van der Waals surface area contributed by atoms with Crippen LogP contribution in [0.25, 0.3) is 11.0 Å². The summed E-state index contributed by atoms with van der Waals surface area (Å²) in [4.78, 5) is 26.5. The number of aliphatic hydroxyl groups is 1. The van der Waals surface area contributed by atoms with Gasteiger partial charge in [-0.3, -0.25) is 15.2 Å². The summed E-state index contributed by atoms with van der Waals surface area (Å²) in [6.45, 7) is 4.33. The van der Waals surface area contributed by atoms with Gasteiger partial charge in [-0.2, -0.15) is 0 Å². The monoisotopic (exact) mass is 520 g/mol. The lowest BCUT2D eigenvalue weighted by Crippen LogP contribution is -2.15. The Labute approximate surface area is 214 Å². The molecule has 0 aliphatic heterocycles. The van der Waals surface area contributed by atoms with E-state index >= 15 is 0 Å². The number of nitrogens with one attached hydrogen (secondary N) is 1. The highest BCUT2D eigenvalue weighted by Crippen LogP contribution is 2.18. The van der Waals surface area contributed by atoms with Crippen LogP contribution in [0.3, 0.4) is 0 Å². The summed E-state index contributed by atoms with van der Waals surface area (Å²) in [6.07, 6.45) is 10.8. The zero-order chi connectivity index (χ0) is 26.0. The van der Waals surface area contributed by atoms with Crippen LogP contribution in [0, 0.1) is 11.3 Å². The lowest BCUT2D eigenvalue weighted by molar-refractivity contribution is 0.1000. The molecule has 0 atom stereocenters. The van der Waals surface area contributed by atoms with E-state index in [1.807, 2.05) is 13.1 Å². The third-order valence-corrected chi connectivity index (χ3v) is 6.31. The zero-order valence-electron chi connectivity index (χ0n) is 20.2. The molecule has 4 rings (SSSR count). The number of aromatic nitrogens is 4. The molecule has 0 spiro atoms. The summed E-state index contributed by atoms with van der Waals surface area (Å²) >= 11 is 6.53. The van der Waals surface area contributed by atoms with Crippen molar-refractivity contribution in [3.63, 3.8) is 0 Å². The lowest BCUT2D eigenvalue weighted by atomic mass is 9.98. The molecule has 0 radical (unpaired) electrons. The van der Waals surface area contributed by atoms with Gasteiger partial charge in [-0.15, -0.1) is 0 Å². The molecule has 1 aliphatic carbocycles. The standard InChI is InChI=1S/C13H18N6.C6H12O.C4H3ClN2OS/c1-8(2)4-12-18-10-6-16-9(13(15)17-7-14)5-11(10)19(12)3;7-6-4-2-1-3-5-6;5-2-1-7-4(9-2)3(6)8/h5-8H,4H2,1-3H3,(H3,14,15,17);6-7H,1-5H2;1H,(H2,6,8). The van der Waals surface area contributed by atoms with Crippen LogP contribution in [-0.2, 0) is 13.5 Å². The van der Waals surface area contributed by atoms with Gasteiger partial charge in [-0.05, 0) is 24.8 Å². The van der Waals surface area contributed by atoms with E-state index in [1.165, 1.54) is 25.5 Å². The number of primary amides is 1. The van der Waals surface area contributed by atoms with Crippen molar-refractivity contribution in [2.75, 3.05) is 0 Å². The van der Waals surface area contributed by atoms with Crippen molar-refractivity contribution in [3.05, 3.63) is 39.3 Å². The van der Waals surface area contributed by atoms with E-state index in [0.29, 0.717) is 15.9 Å². The first-order valence-electron chi connectivity index (χ1n) is 11.4. The van der Waals surface area contributed by atoms with Gasteiger partial charge in [0.25, 0.3) is 5.91 Å². The smallest absolute Gasteiger partial charge is 0.277 e. The molecule has 3 aromatic rings. The van der Waals surface area contributed by atoms with Crippen LogP contribution in [0.2, 0.25) is 4.34 Å². The minimum atomic E-state index is -0.535. The van der Waals surface area contributed by atoms with Gasteiger partial charge >= 0.3 is 0 Å². The Morgan fingerprint density at radius 3 is 2.46 bits per heavy atom. The Kier molecular flexibility index (Phi) is 11.2. The van der Waals surface area contributed by atoms with E-state index in [9.17, 15) is 4.79 Å². The van der Waals surface area contributed by atoms with Crippen LogP contribution in [-0.4, -0.2) is 48.8 Å². The molecule has 0 unspecified atom stereocenters. The Bertz CT molecular complexity index is 1150. The Morgan fingerprint density at radius 1 is 1.31 bits per heavy atom. The predicted molar refractivity (Wildman–Crippen MR) is 141 cm³/mol. The second kappa shape index (κ2) is 13.9. The van der Waals surface area contributed by atoms with Crippen LogP contribution >= 0.6 is 22.9 Å². The SMILES string of the molecule is CC(C)Cc1nc2cnc(C(N)=NC=N)cc2n1C.NC(=O)c1ncc(Cl)s1.OC1CCCCC1. The summed E-state index contributed by atoms with van der Waals surface area (Å²) in [6, 6.07) is 1.86. The highest BCUT2D eigenvalue weighted by Gasteiger charge is 2.11. The molecule has 1 aliphatic rings. The summed E-state index contributed by atoms with van der Waals surface area (Å²) in [5, 5.41) is 16.1. The van der Waals surface area contributed by atoms with Crippen molar-refractivity contribution >= 4 is 52.1 Å². The number of fused-ring (bicyclic) bond motifs is 1. The van der Waals surface area contributed by atoms with Crippen LogP contribution in [0.4, 0.5) is 0 Å². The van der Waals surface area contributed by atoms with E-state index < -0.39 is 5.91 Å². The summed E-state index contributed by atoms with van der Waals surface area (Å²) < 4.78 is 2.53. The minimum absolute atomic E-state index is 0.0359. The van der Waals surface area contributed by atoms with Crippen molar-refractivity contribution in [1.29, 1.82) is 5.41 Å². The number of amides is 1. The molecule has 1 amide bonds. The summed E-state index contributed by atoms with van der Waals surface area (Å²) in [7, 11) is 1.99. The number of amidine groups is 1. The number of rotatable bonds is 5. The maximum absolute atomic E-state index is 10.3. The highest BCUT2D eigenvalue weighted by molar-refractivity contribution is 7.17. The molecule has 10 nitrogen and oxygen atoms in total. The fourth-order valence-electron chi connectivity index (χ4n) is 3.42. The number of aliphatic imine (C=N–C) groups is 1. The van der Waals surface area contributed by atoms with Crippen molar-refractivity contribution in [3.8, 4) is 0 Å². The number of hydrogen-bond donors (Lipinski definition) is 4. The number of nitrogens with two attached hydrogens (primary N) is 2. The number of aryl methyl sites for hydroxylation is 1. The van der Waals surface area contributed by atoms with Gasteiger partial charge in [-0.25, -0.2) is 15.0 Å². The Hall–Kier alpha value is -2.89. The van der Waals surface area contributed by atoms with Gasteiger partial charge in [-0.1, -0.05) is 56.0 Å². The zero-order valence-corrected chi connectivity index (χ0v) is 21.8. The maximum Gasteiger partial charge on any atom is 0.277 e. The van der Waals surface area contributed by atoms with Gasteiger partial charge < -0.3 is 21.1 Å². The molecule has 12 heteroatoms. The fraction of sp³-hybridized carbons (Fsp3) is 0.478. The molecule has 0 saturated heterocycles. The fourth-order valence-corrected chi connectivity index (χ4v) is 4.18. The third-order valence-electron chi connectivity index (χ3n) is 5.18. The van der Waals surface area contributed by atoms with Crippen LogP contribution in [0.15, 0.2) is 23.5 Å². The molecule has 35 heavy (non-hydrogen) atoms. The van der Waals surface area contributed by atoms with Crippen molar-refractivity contribution in [2.24, 2.45) is 29.4 Å². The first-order valence-corrected chi connectivity index (χ1v) is 12.5. The number of hydrogen-bond acceptors (Lipinski definition) is 7. The largest absolute Gasteiger partial charge is 0.393 e. The Balaban J connectivity index is 0.000000222. The third kappa shape index (κ3) is 9.00. The van der Waals surface area contributed by atoms with Gasteiger partial charge in [0, 0.05) is 13.5 Å². The van der Waals surface area contributed by atoms with Crippen LogP contribution < -0.4 is 11.5 Å². The molecule has 0 aromatic carbocycles. The topological polar surface area (TPSA) is 169 Å². The number of aliphatic hydroxyl groups excluding tert-OH is 1.